The zero-order valence-electron chi connectivity index (χ0n) is 18.1. The maximum Gasteiger partial charge on any atom is 0.267 e. The number of benzene rings is 2. The first-order valence-corrected chi connectivity index (χ1v) is 11.4. The van der Waals surface area contributed by atoms with E-state index in [0.29, 0.717) is 11.3 Å². The lowest BCUT2D eigenvalue weighted by Gasteiger charge is -2.15. The summed E-state index contributed by atoms with van der Waals surface area (Å²) in [7, 11) is -2.40. The Kier molecular flexibility index (Phi) is 5.81. The van der Waals surface area contributed by atoms with Crippen LogP contribution in [-0.2, 0) is 17.1 Å². The van der Waals surface area contributed by atoms with Gasteiger partial charge in [0.1, 0.15) is 22.3 Å². The lowest BCUT2D eigenvalue weighted by molar-refractivity contribution is 0.458. The van der Waals surface area contributed by atoms with Crippen molar-refractivity contribution in [2.75, 3.05) is 4.72 Å². The van der Waals surface area contributed by atoms with E-state index in [0.717, 1.165) is 11.1 Å². The summed E-state index contributed by atoms with van der Waals surface area (Å²) in [5, 5.41) is 13.8. The van der Waals surface area contributed by atoms with E-state index in [2.05, 4.69) is 25.9 Å². The minimum atomic E-state index is -4.02. The molecule has 0 radical (unpaired) electrons. The number of nitriles is 1. The Labute approximate surface area is 191 Å². The minimum Gasteiger partial charge on any atom is -0.437 e. The van der Waals surface area contributed by atoms with Crippen LogP contribution in [-0.4, -0.2) is 28.2 Å². The van der Waals surface area contributed by atoms with Crippen LogP contribution >= 0.6 is 0 Å². The molecule has 0 aliphatic carbocycles. The number of hydrogen-bond acceptors (Lipinski definition) is 7. The fourth-order valence-electron chi connectivity index (χ4n) is 3.19. The monoisotopic (exact) mass is 460 g/mol. The smallest absolute Gasteiger partial charge is 0.267 e. The highest BCUT2D eigenvalue weighted by atomic mass is 32.2. The SMILES string of the molecule is Cc1ccccc1Oc1nc(NS(=O)(=O)c2cnn(C)c2)nc(-c2ccccc2C)c1C#N. The van der Waals surface area contributed by atoms with E-state index in [9.17, 15) is 13.7 Å². The van der Waals surface area contributed by atoms with Crippen LogP contribution in [0, 0.1) is 25.2 Å². The highest BCUT2D eigenvalue weighted by molar-refractivity contribution is 7.92. The second kappa shape index (κ2) is 8.72. The number of sulfonamides is 1. The average molecular weight is 461 g/mol. The first-order valence-electron chi connectivity index (χ1n) is 9.91. The number of nitrogens with one attached hydrogen (secondary N) is 1. The van der Waals surface area contributed by atoms with Gasteiger partial charge in [-0.05, 0) is 31.0 Å². The Morgan fingerprint density at radius 3 is 2.36 bits per heavy atom. The summed E-state index contributed by atoms with van der Waals surface area (Å²) in [5.41, 5.74) is 2.70. The van der Waals surface area contributed by atoms with Crippen molar-refractivity contribution < 1.29 is 13.2 Å². The topological polar surface area (TPSA) is 123 Å². The van der Waals surface area contributed by atoms with Crippen LogP contribution in [0.3, 0.4) is 0 Å². The van der Waals surface area contributed by atoms with Gasteiger partial charge in [0.2, 0.25) is 11.8 Å². The molecule has 0 amide bonds. The van der Waals surface area contributed by atoms with Crippen molar-refractivity contribution in [1.29, 1.82) is 5.26 Å². The Morgan fingerprint density at radius 2 is 1.73 bits per heavy atom. The van der Waals surface area contributed by atoms with Crippen molar-refractivity contribution in [2.45, 2.75) is 18.7 Å². The Hall–Kier alpha value is -4.23. The zero-order valence-corrected chi connectivity index (χ0v) is 19.0. The number of aryl methyl sites for hydroxylation is 3. The van der Waals surface area contributed by atoms with Gasteiger partial charge in [-0.3, -0.25) is 4.68 Å². The molecule has 2 heterocycles. The highest BCUT2D eigenvalue weighted by Crippen LogP contribution is 2.34. The van der Waals surface area contributed by atoms with E-state index in [-0.39, 0.29) is 28.0 Å². The van der Waals surface area contributed by atoms with Gasteiger partial charge in [-0.15, -0.1) is 0 Å². The second-order valence-electron chi connectivity index (χ2n) is 7.33. The van der Waals surface area contributed by atoms with E-state index < -0.39 is 10.0 Å². The number of nitrogens with zero attached hydrogens (tertiary/aromatic N) is 5. The molecule has 1 N–H and O–H groups in total. The Morgan fingerprint density at radius 1 is 1.03 bits per heavy atom. The van der Waals surface area contributed by atoms with Crippen molar-refractivity contribution in [1.82, 2.24) is 19.7 Å². The summed E-state index contributed by atoms with van der Waals surface area (Å²) in [6, 6.07) is 16.7. The van der Waals surface area contributed by atoms with E-state index in [4.69, 9.17) is 4.74 Å². The molecule has 2 aromatic heterocycles. The number of ether oxygens (including phenoxy) is 1. The number of para-hydroxylation sites is 1. The number of aromatic nitrogens is 4. The van der Waals surface area contributed by atoms with Gasteiger partial charge in [-0.1, -0.05) is 42.5 Å². The third-order valence-corrected chi connectivity index (χ3v) is 6.19. The lowest BCUT2D eigenvalue weighted by atomic mass is 10.0. The molecule has 0 aliphatic heterocycles. The van der Waals surface area contributed by atoms with E-state index in [1.54, 1.807) is 25.2 Å². The maximum absolute atomic E-state index is 12.9. The van der Waals surface area contributed by atoms with Gasteiger partial charge in [-0.2, -0.15) is 15.3 Å². The van der Waals surface area contributed by atoms with Gasteiger partial charge in [0, 0.05) is 18.8 Å². The predicted octanol–water partition coefficient (Wildman–Crippen LogP) is 3.96. The van der Waals surface area contributed by atoms with Crippen molar-refractivity contribution >= 4 is 16.0 Å². The highest BCUT2D eigenvalue weighted by Gasteiger charge is 2.23. The van der Waals surface area contributed by atoms with Crippen LogP contribution < -0.4 is 9.46 Å². The third-order valence-electron chi connectivity index (χ3n) is 4.91. The Balaban J connectivity index is 1.88. The molecule has 166 valence electrons. The van der Waals surface area contributed by atoms with Gasteiger partial charge in [-0.25, -0.2) is 18.1 Å². The van der Waals surface area contributed by atoms with Gasteiger partial charge in [0.05, 0.1) is 11.9 Å². The zero-order chi connectivity index (χ0) is 23.6. The molecule has 0 atom stereocenters. The number of anilines is 1. The van der Waals surface area contributed by atoms with Crippen molar-refractivity contribution in [3.8, 4) is 29.0 Å². The molecule has 0 spiro atoms. The number of rotatable bonds is 6. The molecule has 0 unspecified atom stereocenters. The van der Waals surface area contributed by atoms with Crippen molar-refractivity contribution in [3.05, 3.63) is 77.6 Å². The predicted molar refractivity (Wildman–Crippen MR) is 122 cm³/mol. The van der Waals surface area contributed by atoms with Crippen LogP contribution in [0.4, 0.5) is 5.95 Å². The first kappa shape index (κ1) is 22.0. The fraction of sp³-hybridized carbons (Fsp3) is 0.130. The van der Waals surface area contributed by atoms with Gasteiger partial charge < -0.3 is 4.74 Å². The van der Waals surface area contributed by atoms with E-state index >= 15 is 0 Å². The molecule has 33 heavy (non-hydrogen) atoms. The fourth-order valence-corrected chi connectivity index (χ4v) is 4.11. The standard InChI is InChI=1S/C23H20N6O3S/c1-15-8-4-6-10-18(15)21-19(12-24)22(32-20-11-7-5-9-16(20)2)27-23(26-21)28-33(30,31)17-13-25-29(3)14-17/h4-11,13-14H,1-3H3,(H,26,27,28). The molecule has 0 fully saturated rings. The largest absolute Gasteiger partial charge is 0.437 e. The van der Waals surface area contributed by atoms with Crippen LogP contribution in [0.2, 0.25) is 0 Å². The molecule has 0 bridgehead atoms. The molecule has 0 aliphatic rings. The van der Waals surface area contributed by atoms with E-state index in [1.165, 1.54) is 17.1 Å². The van der Waals surface area contributed by atoms with Gasteiger partial charge in [0.25, 0.3) is 10.0 Å². The quantitative estimate of drug-likeness (QED) is 0.462. The van der Waals surface area contributed by atoms with Crippen LogP contribution in [0.25, 0.3) is 11.3 Å². The molecule has 4 rings (SSSR count). The lowest BCUT2D eigenvalue weighted by Crippen LogP contribution is -2.16. The van der Waals surface area contributed by atoms with Gasteiger partial charge in [0.15, 0.2) is 0 Å². The second-order valence-corrected chi connectivity index (χ2v) is 9.01. The summed E-state index contributed by atoms with van der Waals surface area (Å²) in [4.78, 5) is 8.58. The number of hydrogen-bond donors (Lipinski definition) is 1. The van der Waals surface area contributed by atoms with Gasteiger partial charge >= 0.3 is 0 Å². The maximum atomic E-state index is 12.9. The third kappa shape index (κ3) is 4.53. The van der Waals surface area contributed by atoms with Crippen LogP contribution in [0.15, 0.2) is 65.8 Å². The normalized spacial score (nSPS) is 11.1. The molecule has 0 saturated heterocycles. The van der Waals surface area contributed by atoms with Crippen molar-refractivity contribution in [2.24, 2.45) is 7.05 Å². The summed E-state index contributed by atoms with van der Waals surface area (Å²) in [6.07, 6.45) is 2.58. The molecule has 4 aromatic rings. The molecule has 2 aromatic carbocycles. The summed E-state index contributed by atoms with van der Waals surface area (Å²) >= 11 is 0. The molecule has 0 saturated carbocycles. The molecule has 9 nitrogen and oxygen atoms in total. The summed E-state index contributed by atoms with van der Waals surface area (Å²) in [6.45, 7) is 3.73. The van der Waals surface area contributed by atoms with E-state index in [1.807, 2.05) is 44.2 Å². The summed E-state index contributed by atoms with van der Waals surface area (Å²) < 4.78 is 35.4. The molecular formula is C23H20N6O3S. The van der Waals surface area contributed by atoms with Crippen LogP contribution in [0.5, 0.6) is 11.6 Å². The minimum absolute atomic E-state index is 0.0447. The first-order chi connectivity index (χ1) is 15.8. The Bertz CT molecular complexity index is 1490. The van der Waals surface area contributed by atoms with Crippen LogP contribution in [0.1, 0.15) is 16.7 Å². The molecular weight excluding hydrogens is 440 g/mol. The summed E-state index contributed by atoms with van der Waals surface area (Å²) in [5.74, 6) is 0.216. The van der Waals surface area contributed by atoms with Crippen molar-refractivity contribution in [3.63, 3.8) is 0 Å². The molecule has 10 heteroatoms. The average Bonchev–Trinajstić information content (AvgIpc) is 3.23.